The van der Waals surface area contributed by atoms with E-state index < -0.39 is 36.4 Å². The molecule has 7 N–H and O–H groups in total. The molecule has 0 aromatic heterocycles. The Morgan fingerprint density at radius 2 is 1.41 bits per heavy atom. The molecule has 0 aromatic carbocycles. The van der Waals surface area contributed by atoms with Gasteiger partial charge >= 0.3 is 17.9 Å². The highest BCUT2D eigenvalue weighted by Gasteiger charge is 2.15. The van der Waals surface area contributed by atoms with Crippen molar-refractivity contribution in [2.45, 2.75) is 32.4 Å². The Morgan fingerprint density at radius 1 is 1.00 bits per heavy atom. The highest BCUT2D eigenvalue weighted by atomic mass is 16.4. The summed E-state index contributed by atoms with van der Waals surface area (Å²) in [6.07, 6.45) is -0.532. The summed E-state index contributed by atoms with van der Waals surface area (Å²) >= 11 is 0. The molecule has 2 atom stereocenters. The molecule has 8 nitrogen and oxygen atoms in total. The van der Waals surface area contributed by atoms with Gasteiger partial charge < -0.3 is 26.8 Å². The second kappa shape index (κ2) is 8.48. The van der Waals surface area contributed by atoms with Crippen LogP contribution in [0.25, 0.3) is 0 Å². The van der Waals surface area contributed by atoms with Gasteiger partial charge in [-0.2, -0.15) is 0 Å². The Hall–Kier alpha value is -1.67. The van der Waals surface area contributed by atoms with Gasteiger partial charge in [-0.25, -0.2) is 0 Å². The summed E-state index contributed by atoms with van der Waals surface area (Å²) in [5, 5.41) is 24.3. The highest BCUT2D eigenvalue weighted by Crippen LogP contribution is 1.96. The number of carbonyl (C=O) groups is 3. The van der Waals surface area contributed by atoms with Crippen molar-refractivity contribution in [1.29, 1.82) is 0 Å². The summed E-state index contributed by atoms with van der Waals surface area (Å²) < 4.78 is 0. The molecule has 0 saturated carbocycles. The number of carboxylic acids is 3. The van der Waals surface area contributed by atoms with Crippen molar-refractivity contribution in [3.63, 3.8) is 0 Å². The zero-order valence-electron chi connectivity index (χ0n) is 9.66. The minimum Gasteiger partial charge on any atom is -0.481 e. The van der Waals surface area contributed by atoms with Crippen LogP contribution in [0.3, 0.4) is 0 Å². The van der Waals surface area contributed by atoms with E-state index in [1.54, 1.807) is 13.8 Å². The number of hydrogen-bond acceptors (Lipinski definition) is 5. The lowest BCUT2D eigenvalue weighted by atomic mass is 10.1. The van der Waals surface area contributed by atoms with Crippen molar-refractivity contribution in [2.24, 2.45) is 17.4 Å². The van der Waals surface area contributed by atoms with E-state index in [1.165, 1.54) is 0 Å². The van der Waals surface area contributed by atoms with E-state index in [-0.39, 0.29) is 5.92 Å². The zero-order chi connectivity index (χ0) is 14.2. The molecule has 0 amide bonds. The van der Waals surface area contributed by atoms with Gasteiger partial charge in [-0.3, -0.25) is 14.4 Å². The van der Waals surface area contributed by atoms with Crippen molar-refractivity contribution in [2.75, 3.05) is 0 Å². The van der Waals surface area contributed by atoms with Crippen LogP contribution in [0.5, 0.6) is 0 Å². The maximum Gasteiger partial charge on any atom is 0.321 e. The van der Waals surface area contributed by atoms with Gasteiger partial charge in [-0.1, -0.05) is 13.8 Å². The summed E-state index contributed by atoms with van der Waals surface area (Å²) in [5.74, 6) is -3.41. The molecule has 0 rings (SSSR count). The van der Waals surface area contributed by atoms with E-state index in [0.717, 1.165) is 0 Å². The molecule has 0 aliphatic carbocycles. The zero-order valence-corrected chi connectivity index (χ0v) is 9.66. The van der Waals surface area contributed by atoms with Crippen molar-refractivity contribution < 1.29 is 29.7 Å². The van der Waals surface area contributed by atoms with E-state index in [4.69, 9.17) is 26.8 Å². The lowest BCUT2D eigenvalue weighted by Crippen LogP contribution is -2.34. The van der Waals surface area contributed by atoms with E-state index >= 15 is 0 Å². The molecule has 100 valence electrons. The van der Waals surface area contributed by atoms with Gasteiger partial charge in [0.15, 0.2) is 0 Å². The lowest BCUT2D eigenvalue weighted by molar-refractivity contribution is -0.144. The number of hydrogen-bond donors (Lipinski definition) is 5. The van der Waals surface area contributed by atoms with Crippen LogP contribution >= 0.6 is 0 Å². The predicted molar refractivity (Wildman–Crippen MR) is 58.3 cm³/mol. The van der Waals surface area contributed by atoms with Gasteiger partial charge in [0.1, 0.15) is 12.1 Å². The summed E-state index contributed by atoms with van der Waals surface area (Å²) in [5.41, 5.74) is 10.00. The van der Waals surface area contributed by atoms with Crippen LogP contribution in [0.2, 0.25) is 0 Å². The lowest BCUT2D eigenvalue weighted by Gasteiger charge is -2.07. The maximum absolute atomic E-state index is 10.0. The first-order valence-electron chi connectivity index (χ1n) is 4.78. The molecule has 0 spiro atoms. The number of aliphatic carboxylic acids is 3. The van der Waals surface area contributed by atoms with E-state index in [1.807, 2.05) is 0 Å². The number of carboxylic acid groups (broad SMARTS) is 3. The van der Waals surface area contributed by atoms with E-state index in [9.17, 15) is 14.4 Å². The second-order valence-electron chi connectivity index (χ2n) is 3.65. The quantitative estimate of drug-likeness (QED) is 0.411. The normalized spacial score (nSPS) is 13.2. The maximum atomic E-state index is 10.0. The molecule has 8 heteroatoms. The molecule has 17 heavy (non-hydrogen) atoms. The monoisotopic (exact) mass is 250 g/mol. The third-order valence-electron chi connectivity index (χ3n) is 1.72. The summed E-state index contributed by atoms with van der Waals surface area (Å²) in [7, 11) is 0. The van der Waals surface area contributed by atoms with Crippen LogP contribution in [0.4, 0.5) is 0 Å². The topological polar surface area (TPSA) is 164 Å². The molecule has 0 aliphatic heterocycles. The minimum absolute atomic E-state index is 0.0208. The molecule has 0 aromatic rings. The summed E-state index contributed by atoms with van der Waals surface area (Å²) in [4.78, 5) is 29.6. The molecule has 0 fully saturated rings. The van der Waals surface area contributed by atoms with Gasteiger partial charge in [-0.15, -0.1) is 0 Å². The highest BCUT2D eigenvalue weighted by molar-refractivity contribution is 5.80. The van der Waals surface area contributed by atoms with Crippen LogP contribution in [0.15, 0.2) is 0 Å². The fourth-order valence-electron chi connectivity index (χ4n) is 0.561. The summed E-state index contributed by atoms with van der Waals surface area (Å²) in [6, 6.07) is -2.00. The average Bonchev–Trinajstić information content (AvgIpc) is 2.15. The first kappa shape index (κ1) is 17.7. The molecular weight excluding hydrogens is 232 g/mol. The van der Waals surface area contributed by atoms with Crippen molar-refractivity contribution >= 4 is 17.9 Å². The Morgan fingerprint density at radius 3 is 1.47 bits per heavy atom. The summed E-state index contributed by atoms with van der Waals surface area (Å²) in [6.45, 7) is 3.55. The third kappa shape index (κ3) is 10.6. The smallest absolute Gasteiger partial charge is 0.321 e. The standard InChI is InChI=1S/C5H11NO2.C4H7NO4/c1-3(2)4(6)5(7)8;5-2(4(8)9)1-3(6)7/h3-4H,6H2,1-2H3,(H,7,8);2H,1,5H2,(H,6,7)(H,8,9)/t4-;2-/m00/s1. The van der Waals surface area contributed by atoms with Crippen molar-refractivity contribution in [3.05, 3.63) is 0 Å². The number of rotatable bonds is 5. The molecular formula is C9H18N2O6. The molecule has 0 unspecified atom stereocenters. The van der Waals surface area contributed by atoms with Crippen molar-refractivity contribution in [3.8, 4) is 0 Å². The molecule has 0 aliphatic rings. The van der Waals surface area contributed by atoms with E-state index in [2.05, 4.69) is 0 Å². The molecule has 0 saturated heterocycles. The van der Waals surface area contributed by atoms with Gasteiger partial charge in [0.2, 0.25) is 0 Å². The largest absolute Gasteiger partial charge is 0.481 e. The number of nitrogens with two attached hydrogens (primary N) is 2. The van der Waals surface area contributed by atoms with E-state index in [0.29, 0.717) is 0 Å². The Balaban J connectivity index is 0. The minimum atomic E-state index is -1.29. The molecule has 0 bridgehead atoms. The van der Waals surface area contributed by atoms with Gasteiger partial charge in [-0.05, 0) is 5.92 Å². The first-order valence-corrected chi connectivity index (χ1v) is 4.78. The van der Waals surface area contributed by atoms with Crippen molar-refractivity contribution in [1.82, 2.24) is 0 Å². The fourth-order valence-corrected chi connectivity index (χ4v) is 0.561. The van der Waals surface area contributed by atoms with Crippen LogP contribution in [0, 0.1) is 5.92 Å². The third-order valence-corrected chi connectivity index (χ3v) is 1.72. The fraction of sp³-hybridized carbons (Fsp3) is 0.667. The van der Waals surface area contributed by atoms with Gasteiger partial charge in [0, 0.05) is 0 Å². The molecule has 0 radical (unpaired) electrons. The average molecular weight is 250 g/mol. The SMILES string of the molecule is CC(C)[C@H](N)C(=O)O.N[C@@H](CC(=O)O)C(=O)O. The predicted octanol–water partition coefficient (Wildman–Crippen LogP) is -1.07. The van der Waals surface area contributed by atoms with Crippen LogP contribution < -0.4 is 11.5 Å². The Bertz CT molecular complexity index is 279. The molecule has 0 heterocycles. The van der Waals surface area contributed by atoms with Gasteiger partial charge in [0.25, 0.3) is 0 Å². The Labute approximate surface area is 98.2 Å². The second-order valence-corrected chi connectivity index (χ2v) is 3.65. The Kier molecular flexibility index (Phi) is 8.84. The van der Waals surface area contributed by atoms with Crippen LogP contribution in [-0.4, -0.2) is 45.3 Å². The van der Waals surface area contributed by atoms with Gasteiger partial charge in [0.05, 0.1) is 6.42 Å². The van der Waals surface area contributed by atoms with Crippen LogP contribution in [-0.2, 0) is 14.4 Å². The first-order chi connectivity index (χ1) is 7.59. The van der Waals surface area contributed by atoms with Crippen LogP contribution in [0.1, 0.15) is 20.3 Å².